The predicted octanol–water partition coefficient (Wildman–Crippen LogP) is 2.92. The van der Waals surface area contributed by atoms with E-state index in [1.807, 2.05) is 18.2 Å². The third-order valence-corrected chi connectivity index (χ3v) is 3.54. The number of anilines is 1. The van der Waals surface area contributed by atoms with Gasteiger partial charge in [-0.1, -0.05) is 28.1 Å². The number of esters is 1. The van der Waals surface area contributed by atoms with Gasteiger partial charge in [-0.3, -0.25) is 4.79 Å². The molecule has 1 aliphatic rings. The summed E-state index contributed by atoms with van der Waals surface area (Å²) < 4.78 is 5.80. The number of rotatable bonds is 1. The van der Waals surface area contributed by atoms with Gasteiger partial charge in [-0.15, -0.1) is 0 Å². The van der Waals surface area contributed by atoms with Crippen LogP contribution in [0.15, 0.2) is 22.7 Å². The van der Waals surface area contributed by atoms with Crippen molar-refractivity contribution in [3.63, 3.8) is 0 Å². The van der Waals surface area contributed by atoms with Gasteiger partial charge in [0, 0.05) is 16.6 Å². The number of methoxy groups -OCH3 is 1. The zero-order valence-electron chi connectivity index (χ0n) is 9.33. The highest BCUT2D eigenvalue weighted by atomic mass is 79.9. The third-order valence-electron chi connectivity index (χ3n) is 2.77. The number of fused-ring (bicyclic) bond motifs is 1. The molecular formula is C12H12BrNO2S. The molecule has 1 atom stereocenters. The van der Waals surface area contributed by atoms with E-state index >= 15 is 0 Å². The fourth-order valence-corrected chi connectivity index (χ4v) is 2.67. The van der Waals surface area contributed by atoms with Crippen molar-refractivity contribution >= 4 is 44.8 Å². The number of hydrogen-bond acceptors (Lipinski definition) is 3. The standard InChI is InChI=1S/C12H12BrNO2S/c1-16-12(15)8-4-7-5-9(13)2-3-10(7)14-11(17)6-8/h2-3,5,8H,4,6H2,1H3,(H,14,17). The maximum absolute atomic E-state index is 11.6. The van der Waals surface area contributed by atoms with E-state index in [1.54, 1.807) is 0 Å². The molecule has 0 radical (unpaired) electrons. The zero-order chi connectivity index (χ0) is 12.4. The van der Waals surface area contributed by atoms with Crippen LogP contribution in [0.1, 0.15) is 12.0 Å². The summed E-state index contributed by atoms with van der Waals surface area (Å²) >= 11 is 8.64. The van der Waals surface area contributed by atoms with Crippen LogP contribution in [0.3, 0.4) is 0 Å². The van der Waals surface area contributed by atoms with Crippen molar-refractivity contribution < 1.29 is 9.53 Å². The molecule has 0 bridgehead atoms. The van der Waals surface area contributed by atoms with Gasteiger partial charge in [0.15, 0.2) is 0 Å². The Morgan fingerprint density at radius 1 is 1.53 bits per heavy atom. The van der Waals surface area contributed by atoms with Crippen molar-refractivity contribution in [1.82, 2.24) is 0 Å². The highest BCUT2D eigenvalue weighted by Crippen LogP contribution is 2.28. The van der Waals surface area contributed by atoms with Gasteiger partial charge in [-0.2, -0.15) is 0 Å². The maximum Gasteiger partial charge on any atom is 0.309 e. The Kier molecular flexibility index (Phi) is 3.79. The average molecular weight is 314 g/mol. The minimum atomic E-state index is -0.207. The molecule has 1 aromatic rings. The molecule has 1 unspecified atom stereocenters. The number of carbonyl (C=O) groups is 1. The zero-order valence-corrected chi connectivity index (χ0v) is 11.7. The van der Waals surface area contributed by atoms with Gasteiger partial charge in [-0.25, -0.2) is 0 Å². The first-order chi connectivity index (χ1) is 8.10. The SMILES string of the molecule is COC(=O)C1CC(=S)Nc2ccc(Br)cc2C1. The Hall–Kier alpha value is -0.940. The van der Waals surface area contributed by atoms with Crippen LogP contribution in [0.5, 0.6) is 0 Å². The van der Waals surface area contributed by atoms with Crippen LogP contribution in [0.4, 0.5) is 5.69 Å². The van der Waals surface area contributed by atoms with Gasteiger partial charge >= 0.3 is 5.97 Å². The topological polar surface area (TPSA) is 38.3 Å². The molecule has 0 amide bonds. The van der Waals surface area contributed by atoms with Crippen LogP contribution < -0.4 is 5.32 Å². The Labute approximate surface area is 114 Å². The van der Waals surface area contributed by atoms with Crippen molar-refractivity contribution in [2.45, 2.75) is 12.8 Å². The van der Waals surface area contributed by atoms with E-state index in [2.05, 4.69) is 21.2 Å². The van der Waals surface area contributed by atoms with Crippen LogP contribution in [0.25, 0.3) is 0 Å². The van der Waals surface area contributed by atoms with Gasteiger partial charge in [0.1, 0.15) is 0 Å². The number of ether oxygens (including phenoxy) is 1. The summed E-state index contributed by atoms with van der Waals surface area (Å²) in [5.74, 6) is -0.405. The molecule has 0 fully saturated rings. The molecule has 3 nitrogen and oxygen atoms in total. The fraction of sp³-hybridized carbons (Fsp3) is 0.333. The highest BCUT2D eigenvalue weighted by molar-refractivity contribution is 9.10. The van der Waals surface area contributed by atoms with Gasteiger partial charge in [0.05, 0.1) is 18.0 Å². The Bertz CT molecular complexity index is 476. The second-order valence-corrected chi connectivity index (χ2v) is 5.39. The van der Waals surface area contributed by atoms with E-state index in [9.17, 15) is 4.79 Å². The van der Waals surface area contributed by atoms with Gasteiger partial charge in [-0.05, 0) is 30.2 Å². The van der Waals surface area contributed by atoms with Gasteiger partial charge in [0.25, 0.3) is 0 Å². The normalized spacial score (nSPS) is 18.9. The second kappa shape index (κ2) is 5.14. The van der Waals surface area contributed by atoms with Gasteiger partial charge in [0.2, 0.25) is 0 Å². The Morgan fingerprint density at radius 3 is 3.00 bits per heavy atom. The van der Waals surface area contributed by atoms with Crippen molar-refractivity contribution in [2.24, 2.45) is 5.92 Å². The molecule has 0 saturated heterocycles. The molecule has 1 N–H and O–H groups in total. The van der Waals surface area contributed by atoms with E-state index in [-0.39, 0.29) is 11.9 Å². The van der Waals surface area contributed by atoms with Gasteiger partial charge < -0.3 is 10.1 Å². The molecule has 17 heavy (non-hydrogen) atoms. The number of halogens is 1. The van der Waals surface area contributed by atoms with Crippen molar-refractivity contribution in [3.05, 3.63) is 28.2 Å². The summed E-state index contributed by atoms with van der Waals surface area (Å²) in [5.41, 5.74) is 2.05. The molecule has 2 rings (SSSR count). The monoisotopic (exact) mass is 313 g/mol. The molecule has 1 aliphatic heterocycles. The number of nitrogens with one attached hydrogen (secondary N) is 1. The first-order valence-electron chi connectivity index (χ1n) is 5.26. The first kappa shape index (κ1) is 12.5. The summed E-state index contributed by atoms with van der Waals surface area (Å²) in [7, 11) is 1.41. The lowest BCUT2D eigenvalue weighted by atomic mass is 9.97. The first-order valence-corrected chi connectivity index (χ1v) is 6.46. The maximum atomic E-state index is 11.6. The molecule has 5 heteroatoms. The molecule has 1 aromatic carbocycles. The average Bonchev–Trinajstić information content (AvgIpc) is 2.46. The van der Waals surface area contributed by atoms with Crippen LogP contribution in [-0.4, -0.2) is 18.1 Å². The second-order valence-electron chi connectivity index (χ2n) is 3.98. The Morgan fingerprint density at radius 2 is 2.29 bits per heavy atom. The summed E-state index contributed by atoms with van der Waals surface area (Å²) in [6.45, 7) is 0. The minimum absolute atomic E-state index is 0.199. The van der Waals surface area contributed by atoms with Crippen LogP contribution in [0, 0.1) is 5.92 Å². The lowest BCUT2D eigenvalue weighted by Crippen LogP contribution is -2.21. The molecule has 1 heterocycles. The molecule has 0 aliphatic carbocycles. The van der Waals surface area contributed by atoms with Crippen LogP contribution in [0.2, 0.25) is 0 Å². The molecule has 90 valence electrons. The lowest BCUT2D eigenvalue weighted by molar-refractivity contribution is -0.145. The van der Waals surface area contributed by atoms with Crippen LogP contribution >= 0.6 is 28.1 Å². The third kappa shape index (κ3) is 2.84. The van der Waals surface area contributed by atoms with Crippen molar-refractivity contribution in [2.75, 3.05) is 12.4 Å². The van der Waals surface area contributed by atoms with E-state index in [0.717, 1.165) is 15.7 Å². The highest BCUT2D eigenvalue weighted by Gasteiger charge is 2.25. The number of benzene rings is 1. The van der Waals surface area contributed by atoms with E-state index in [0.29, 0.717) is 17.8 Å². The predicted molar refractivity (Wildman–Crippen MR) is 74.2 cm³/mol. The number of hydrogen-bond donors (Lipinski definition) is 1. The van der Waals surface area contributed by atoms with Crippen molar-refractivity contribution in [1.29, 1.82) is 0 Å². The lowest BCUT2D eigenvalue weighted by Gasteiger charge is -2.11. The van der Waals surface area contributed by atoms with E-state index < -0.39 is 0 Å². The summed E-state index contributed by atoms with van der Waals surface area (Å²) in [4.78, 5) is 12.3. The summed E-state index contributed by atoms with van der Waals surface area (Å²) in [6.07, 6.45) is 1.18. The smallest absolute Gasteiger partial charge is 0.309 e. The molecule has 0 aromatic heterocycles. The van der Waals surface area contributed by atoms with Crippen molar-refractivity contribution in [3.8, 4) is 0 Å². The summed E-state index contributed by atoms with van der Waals surface area (Å²) in [5, 5.41) is 3.16. The minimum Gasteiger partial charge on any atom is -0.469 e. The molecular weight excluding hydrogens is 302 g/mol. The quantitative estimate of drug-likeness (QED) is 0.639. The Balaban J connectivity index is 2.35. The summed E-state index contributed by atoms with van der Waals surface area (Å²) in [6, 6.07) is 5.92. The van der Waals surface area contributed by atoms with Crippen LogP contribution in [-0.2, 0) is 16.0 Å². The largest absolute Gasteiger partial charge is 0.469 e. The fourth-order valence-electron chi connectivity index (χ4n) is 1.95. The van der Waals surface area contributed by atoms with E-state index in [4.69, 9.17) is 17.0 Å². The number of carbonyl (C=O) groups excluding carboxylic acids is 1. The molecule has 0 spiro atoms. The molecule has 0 saturated carbocycles. The number of thiocarbonyl (C=S) groups is 1. The van der Waals surface area contributed by atoms with E-state index in [1.165, 1.54) is 7.11 Å².